The molecule has 2 atom stereocenters. The third-order valence-electron chi connectivity index (χ3n) is 2.49. The molecule has 0 saturated carbocycles. The molecule has 1 aromatic carbocycles. The van der Waals surface area contributed by atoms with Crippen molar-refractivity contribution < 1.29 is 10.2 Å². The Hall–Kier alpha value is -1.67. The highest BCUT2D eigenvalue weighted by atomic mass is 35.5. The van der Waals surface area contributed by atoms with Crippen molar-refractivity contribution in [3.05, 3.63) is 41.0 Å². The standard InChI is InChI=1S/C12H9ClN2O2/c13-9-3-4-15-10-2-1-7(5-8(9)10)12(17)11(16)6-14/h1-5,11-12,16-17H. The molecule has 2 rings (SSSR count). The van der Waals surface area contributed by atoms with Gasteiger partial charge in [0.15, 0.2) is 6.10 Å². The van der Waals surface area contributed by atoms with Gasteiger partial charge in [-0.15, -0.1) is 0 Å². The highest BCUT2D eigenvalue weighted by Crippen LogP contribution is 2.26. The van der Waals surface area contributed by atoms with Crippen molar-refractivity contribution in [2.45, 2.75) is 12.2 Å². The van der Waals surface area contributed by atoms with E-state index in [-0.39, 0.29) is 0 Å². The fraction of sp³-hybridized carbons (Fsp3) is 0.167. The van der Waals surface area contributed by atoms with Crippen molar-refractivity contribution in [3.63, 3.8) is 0 Å². The van der Waals surface area contributed by atoms with Gasteiger partial charge in [0.05, 0.1) is 16.6 Å². The fourth-order valence-electron chi connectivity index (χ4n) is 1.57. The molecule has 0 aliphatic carbocycles. The molecule has 0 radical (unpaired) electrons. The zero-order valence-corrected chi connectivity index (χ0v) is 9.46. The number of aromatic nitrogens is 1. The molecular formula is C12H9ClN2O2. The zero-order chi connectivity index (χ0) is 12.4. The number of benzene rings is 1. The summed E-state index contributed by atoms with van der Waals surface area (Å²) in [7, 11) is 0. The normalized spacial score (nSPS) is 14.2. The van der Waals surface area contributed by atoms with Gasteiger partial charge in [0.1, 0.15) is 6.10 Å². The van der Waals surface area contributed by atoms with Crippen LogP contribution in [0.3, 0.4) is 0 Å². The Labute approximate surface area is 103 Å². The maximum absolute atomic E-state index is 9.70. The molecule has 2 aromatic rings. The van der Waals surface area contributed by atoms with Crippen molar-refractivity contribution in [2.24, 2.45) is 0 Å². The van der Waals surface area contributed by atoms with E-state index in [1.165, 1.54) is 0 Å². The summed E-state index contributed by atoms with van der Waals surface area (Å²) < 4.78 is 0. The Bertz CT molecular complexity index is 595. The van der Waals surface area contributed by atoms with Crippen LogP contribution in [0.2, 0.25) is 5.02 Å². The first-order valence-corrected chi connectivity index (χ1v) is 5.31. The smallest absolute Gasteiger partial charge is 0.170 e. The third kappa shape index (κ3) is 2.22. The number of aliphatic hydroxyl groups is 2. The SMILES string of the molecule is N#CC(O)C(O)c1ccc2nccc(Cl)c2c1. The minimum atomic E-state index is -1.46. The van der Waals surface area contributed by atoms with E-state index in [4.69, 9.17) is 16.9 Å². The number of nitrogens with zero attached hydrogens (tertiary/aromatic N) is 2. The second-order valence-corrected chi connectivity index (χ2v) is 4.00. The van der Waals surface area contributed by atoms with Crippen LogP contribution in [0.4, 0.5) is 0 Å². The Balaban J connectivity index is 2.52. The Morgan fingerprint density at radius 1 is 1.29 bits per heavy atom. The lowest BCUT2D eigenvalue weighted by Crippen LogP contribution is -2.15. The largest absolute Gasteiger partial charge is 0.385 e. The number of halogens is 1. The molecule has 2 unspecified atom stereocenters. The van der Waals surface area contributed by atoms with Gasteiger partial charge in [-0.05, 0) is 23.8 Å². The minimum Gasteiger partial charge on any atom is -0.385 e. The molecule has 17 heavy (non-hydrogen) atoms. The van der Waals surface area contributed by atoms with Crippen LogP contribution in [0, 0.1) is 11.3 Å². The van der Waals surface area contributed by atoms with Crippen molar-refractivity contribution in [2.75, 3.05) is 0 Å². The molecule has 1 aromatic heterocycles. The lowest BCUT2D eigenvalue weighted by Gasteiger charge is -2.12. The molecule has 0 fully saturated rings. The Morgan fingerprint density at radius 2 is 2.06 bits per heavy atom. The average molecular weight is 249 g/mol. The van der Waals surface area contributed by atoms with Crippen LogP contribution in [0.1, 0.15) is 11.7 Å². The molecule has 0 spiro atoms. The number of pyridine rings is 1. The summed E-state index contributed by atoms with van der Waals surface area (Å²) in [5.74, 6) is 0. The first-order chi connectivity index (χ1) is 8.13. The summed E-state index contributed by atoms with van der Waals surface area (Å²) in [6, 6.07) is 8.14. The quantitative estimate of drug-likeness (QED) is 0.795. The second-order valence-electron chi connectivity index (χ2n) is 3.59. The van der Waals surface area contributed by atoms with Crippen LogP contribution in [-0.4, -0.2) is 21.3 Å². The minimum absolute atomic E-state index is 0.432. The molecule has 86 valence electrons. The fourth-order valence-corrected chi connectivity index (χ4v) is 1.77. The lowest BCUT2D eigenvalue weighted by atomic mass is 10.0. The number of hydrogen-bond acceptors (Lipinski definition) is 4. The van der Waals surface area contributed by atoms with Gasteiger partial charge in [-0.2, -0.15) is 5.26 Å². The predicted octanol–water partition coefficient (Wildman–Crippen LogP) is 1.81. The first kappa shape index (κ1) is 11.8. The molecular weight excluding hydrogens is 240 g/mol. The van der Waals surface area contributed by atoms with Gasteiger partial charge in [-0.25, -0.2) is 0 Å². The third-order valence-corrected chi connectivity index (χ3v) is 2.81. The van der Waals surface area contributed by atoms with Crippen LogP contribution in [0.15, 0.2) is 30.5 Å². The van der Waals surface area contributed by atoms with Crippen LogP contribution < -0.4 is 0 Å². The van der Waals surface area contributed by atoms with E-state index in [1.54, 1.807) is 36.5 Å². The van der Waals surface area contributed by atoms with E-state index < -0.39 is 12.2 Å². The monoisotopic (exact) mass is 248 g/mol. The summed E-state index contributed by atoms with van der Waals surface area (Å²) >= 11 is 6.00. The van der Waals surface area contributed by atoms with Gasteiger partial charge in [-0.1, -0.05) is 17.7 Å². The molecule has 0 saturated heterocycles. The zero-order valence-electron chi connectivity index (χ0n) is 8.71. The summed E-state index contributed by atoms with van der Waals surface area (Å²) in [5.41, 5.74) is 1.13. The number of aliphatic hydroxyl groups excluding tert-OH is 2. The van der Waals surface area contributed by atoms with Gasteiger partial charge in [-0.3, -0.25) is 4.98 Å². The molecule has 0 bridgehead atoms. The van der Waals surface area contributed by atoms with Crippen molar-refractivity contribution in [1.82, 2.24) is 4.98 Å². The topological polar surface area (TPSA) is 77.1 Å². The Morgan fingerprint density at radius 3 is 2.76 bits per heavy atom. The van der Waals surface area contributed by atoms with Crippen molar-refractivity contribution in [3.8, 4) is 6.07 Å². The van der Waals surface area contributed by atoms with Crippen molar-refractivity contribution in [1.29, 1.82) is 5.26 Å². The summed E-state index contributed by atoms with van der Waals surface area (Å²) in [6.07, 6.45) is -1.12. The van der Waals surface area contributed by atoms with Gasteiger partial charge < -0.3 is 10.2 Å². The van der Waals surface area contributed by atoms with E-state index >= 15 is 0 Å². The average Bonchev–Trinajstić information content (AvgIpc) is 2.37. The number of hydrogen-bond donors (Lipinski definition) is 2. The summed E-state index contributed by atoms with van der Waals surface area (Å²) in [5, 5.41) is 28.7. The van der Waals surface area contributed by atoms with Gasteiger partial charge in [0, 0.05) is 11.6 Å². The molecule has 2 N–H and O–H groups in total. The van der Waals surface area contributed by atoms with Gasteiger partial charge in [0.2, 0.25) is 0 Å². The van der Waals surface area contributed by atoms with E-state index in [2.05, 4.69) is 4.98 Å². The Kier molecular flexibility index (Phi) is 3.25. The van der Waals surface area contributed by atoms with E-state index in [0.29, 0.717) is 21.5 Å². The van der Waals surface area contributed by atoms with Crippen LogP contribution in [0.25, 0.3) is 10.9 Å². The molecule has 0 amide bonds. The molecule has 0 aliphatic heterocycles. The molecule has 0 aliphatic rings. The number of nitriles is 1. The summed E-state index contributed by atoms with van der Waals surface area (Å²) in [4.78, 5) is 4.11. The van der Waals surface area contributed by atoms with Gasteiger partial charge in [0.25, 0.3) is 0 Å². The highest BCUT2D eigenvalue weighted by Gasteiger charge is 2.18. The second kappa shape index (κ2) is 4.68. The van der Waals surface area contributed by atoms with Crippen LogP contribution in [0.5, 0.6) is 0 Å². The van der Waals surface area contributed by atoms with E-state index in [0.717, 1.165) is 0 Å². The lowest BCUT2D eigenvalue weighted by molar-refractivity contribution is 0.0529. The molecule has 5 heteroatoms. The van der Waals surface area contributed by atoms with Gasteiger partial charge >= 0.3 is 0 Å². The molecule has 1 heterocycles. The predicted molar refractivity (Wildman–Crippen MR) is 63.3 cm³/mol. The maximum atomic E-state index is 9.70. The number of fused-ring (bicyclic) bond motifs is 1. The van der Waals surface area contributed by atoms with Crippen LogP contribution in [-0.2, 0) is 0 Å². The highest BCUT2D eigenvalue weighted by molar-refractivity contribution is 6.35. The summed E-state index contributed by atoms with van der Waals surface area (Å²) in [6.45, 7) is 0. The van der Waals surface area contributed by atoms with E-state index in [1.807, 2.05) is 0 Å². The maximum Gasteiger partial charge on any atom is 0.170 e. The van der Waals surface area contributed by atoms with Crippen LogP contribution >= 0.6 is 11.6 Å². The van der Waals surface area contributed by atoms with Crippen molar-refractivity contribution >= 4 is 22.5 Å². The first-order valence-electron chi connectivity index (χ1n) is 4.93. The molecule has 4 nitrogen and oxygen atoms in total. The number of rotatable bonds is 2. The van der Waals surface area contributed by atoms with E-state index in [9.17, 15) is 10.2 Å².